The fourth-order valence-corrected chi connectivity index (χ4v) is 2.94. The molecule has 0 spiro atoms. The second-order valence-corrected chi connectivity index (χ2v) is 5.83. The summed E-state index contributed by atoms with van der Waals surface area (Å²) in [6.07, 6.45) is 0.948. The minimum absolute atomic E-state index is 0.325. The predicted octanol–water partition coefficient (Wildman–Crippen LogP) is 2.32. The molecule has 25 heavy (non-hydrogen) atoms. The number of amides is 2. The molecule has 1 aromatic carbocycles. The van der Waals surface area contributed by atoms with Crippen molar-refractivity contribution >= 4 is 22.8 Å². The van der Waals surface area contributed by atoms with Crippen LogP contribution in [0.5, 0.6) is 0 Å². The quantitative estimate of drug-likeness (QED) is 0.661. The first-order chi connectivity index (χ1) is 12.0. The SMILES string of the molecule is CCc1c(C)nn(CCNC(=O)Nc2ccc3[nH]c(=O)oc3c2)c1C. The lowest BCUT2D eigenvalue weighted by Crippen LogP contribution is -2.31. The van der Waals surface area contributed by atoms with Gasteiger partial charge in [0.1, 0.15) is 0 Å². The summed E-state index contributed by atoms with van der Waals surface area (Å²) < 4.78 is 6.88. The Morgan fingerprint density at radius 2 is 2.16 bits per heavy atom. The second-order valence-electron chi connectivity index (χ2n) is 5.83. The van der Waals surface area contributed by atoms with Crippen molar-refractivity contribution in [2.45, 2.75) is 33.7 Å². The van der Waals surface area contributed by atoms with Crippen LogP contribution in [0, 0.1) is 13.8 Å². The number of urea groups is 1. The number of hydrogen-bond acceptors (Lipinski definition) is 4. The molecular weight excluding hydrogens is 322 g/mol. The first kappa shape index (κ1) is 16.8. The van der Waals surface area contributed by atoms with E-state index in [1.165, 1.54) is 5.56 Å². The fourth-order valence-electron chi connectivity index (χ4n) is 2.94. The lowest BCUT2D eigenvalue weighted by atomic mass is 10.1. The van der Waals surface area contributed by atoms with E-state index >= 15 is 0 Å². The van der Waals surface area contributed by atoms with Gasteiger partial charge in [-0.2, -0.15) is 5.10 Å². The minimum atomic E-state index is -0.520. The van der Waals surface area contributed by atoms with E-state index in [2.05, 4.69) is 27.6 Å². The first-order valence-corrected chi connectivity index (χ1v) is 8.18. The average molecular weight is 343 g/mol. The van der Waals surface area contributed by atoms with Gasteiger partial charge in [0, 0.05) is 24.0 Å². The van der Waals surface area contributed by atoms with Gasteiger partial charge in [-0.05, 0) is 38.0 Å². The van der Waals surface area contributed by atoms with Crippen molar-refractivity contribution in [1.82, 2.24) is 20.1 Å². The number of hydrogen-bond donors (Lipinski definition) is 3. The Morgan fingerprint density at radius 1 is 1.36 bits per heavy atom. The van der Waals surface area contributed by atoms with Crippen LogP contribution in [0.15, 0.2) is 27.4 Å². The van der Waals surface area contributed by atoms with Crippen LogP contribution in [-0.4, -0.2) is 27.3 Å². The molecule has 0 fully saturated rings. The second kappa shape index (κ2) is 6.84. The van der Waals surface area contributed by atoms with Gasteiger partial charge >= 0.3 is 11.8 Å². The van der Waals surface area contributed by atoms with Gasteiger partial charge in [-0.3, -0.25) is 9.67 Å². The van der Waals surface area contributed by atoms with Crippen LogP contribution < -0.4 is 16.4 Å². The monoisotopic (exact) mass is 343 g/mol. The van der Waals surface area contributed by atoms with Crippen molar-refractivity contribution in [3.8, 4) is 0 Å². The van der Waals surface area contributed by atoms with E-state index in [0.29, 0.717) is 29.9 Å². The summed E-state index contributed by atoms with van der Waals surface area (Å²) in [4.78, 5) is 25.7. The molecular formula is C17H21N5O3. The summed E-state index contributed by atoms with van der Waals surface area (Å²) in [7, 11) is 0. The Balaban J connectivity index is 1.56. The Morgan fingerprint density at radius 3 is 2.88 bits per heavy atom. The highest BCUT2D eigenvalue weighted by Crippen LogP contribution is 2.16. The van der Waals surface area contributed by atoms with E-state index in [-0.39, 0.29) is 6.03 Å². The fraction of sp³-hybridized carbons (Fsp3) is 0.353. The largest absolute Gasteiger partial charge is 0.417 e. The van der Waals surface area contributed by atoms with Gasteiger partial charge < -0.3 is 15.1 Å². The van der Waals surface area contributed by atoms with Crippen LogP contribution in [0.25, 0.3) is 11.1 Å². The van der Waals surface area contributed by atoms with E-state index in [4.69, 9.17) is 4.42 Å². The zero-order valence-electron chi connectivity index (χ0n) is 14.5. The highest BCUT2D eigenvalue weighted by Gasteiger charge is 2.10. The summed E-state index contributed by atoms with van der Waals surface area (Å²) >= 11 is 0. The van der Waals surface area contributed by atoms with E-state index in [1.54, 1.807) is 18.2 Å². The van der Waals surface area contributed by atoms with Gasteiger partial charge in [0.15, 0.2) is 5.58 Å². The van der Waals surface area contributed by atoms with Gasteiger partial charge in [0.2, 0.25) is 0 Å². The lowest BCUT2D eigenvalue weighted by Gasteiger charge is -2.09. The number of aryl methyl sites for hydroxylation is 1. The number of nitrogens with zero attached hydrogens (tertiary/aromatic N) is 2. The maximum absolute atomic E-state index is 12.0. The van der Waals surface area contributed by atoms with E-state index in [1.807, 2.05) is 18.5 Å². The third-order valence-electron chi connectivity index (χ3n) is 4.17. The number of carbonyl (C=O) groups is 1. The van der Waals surface area contributed by atoms with Gasteiger partial charge in [-0.1, -0.05) is 6.92 Å². The molecule has 0 saturated carbocycles. The summed E-state index contributed by atoms with van der Waals surface area (Å²) in [5.74, 6) is -0.520. The van der Waals surface area contributed by atoms with Crippen molar-refractivity contribution in [2.75, 3.05) is 11.9 Å². The summed E-state index contributed by atoms with van der Waals surface area (Å²) in [5.41, 5.74) is 4.96. The zero-order valence-corrected chi connectivity index (χ0v) is 14.5. The third kappa shape index (κ3) is 3.57. The van der Waals surface area contributed by atoms with E-state index in [9.17, 15) is 9.59 Å². The molecule has 2 heterocycles. The van der Waals surface area contributed by atoms with Crippen LogP contribution >= 0.6 is 0 Å². The zero-order chi connectivity index (χ0) is 18.0. The number of aromatic nitrogens is 3. The highest BCUT2D eigenvalue weighted by atomic mass is 16.4. The standard InChI is InChI=1S/C17H21N5O3/c1-4-13-10(2)21-22(11(13)3)8-7-18-16(23)19-12-5-6-14-15(9-12)25-17(24)20-14/h5-6,9H,4,7-8H2,1-3H3,(H,20,24)(H2,18,19,23). The van der Waals surface area contributed by atoms with Crippen molar-refractivity contribution < 1.29 is 9.21 Å². The van der Waals surface area contributed by atoms with Crippen LogP contribution in [0.4, 0.5) is 10.5 Å². The molecule has 0 saturated heterocycles. The van der Waals surface area contributed by atoms with Crippen LogP contribution in [0.1, 0.15) is 23.9 Å². The maximum Gasteiger partial charge on any atom is 0.417 e. The number of fused-ring (bicyclic) bond motifs is 1. The Labute approximate surface area is 144 Å². The number of H-pyrrole nitrogens is 1. The molecule has 0 radical (unpaired) electrons. The first-order valence-electron chi connectivity index (χ1n) is 8.18. The van der Waals surface area contributed by atoms with Gasteiger partial charge in [0.05, 0.1) is 17.8 Å². The molecule has 8 nitrogen and oxygen atoms in total. The number of anilines is 1. The molecule has 0 bridgehead atoms. The molecule has 2 aromatic heterocycles. The van der Waals surface area contributed by atoms with Crippen LogP contribution in [0.2, 0.25) is 0 Å². The van der Waals surface area contributed by atoms with Gasteiger partial charge in [-0.25, -0.2) is 9.59 Å². The maximum atomic E-state index is 12.0. The number of oxazole rings is 1. The highest BCUT2D eigenvalue weighted by molar-refractivity contribution is 5.91. The number of carbonyl (C=O) groups excluding carboxylic acids is 1. The normalized spacial score (nSPS) is 11.0. The summed E-state index contributed by atoms with van der Waals surface area (Å²) in [6, 6.07) is 4.65. The molecule has 3 rings (SSSR count). The smallest absolute Gasteiger partial charge is 0.408 e. The Kier molecular flexibility index (Phi) is 4.60. The number of nitrogens with one attached hydrogen (secondary N) is 3. The predicted molar refractivity (Wildman–Crippen MR) is 94.9 cm³/mol. The number of benzene rings is 1. The van der Waals surface area contributed by atoms with Crippen molar-refractivity contribution in [2.24, 2.45) is 0 Å². The molecule has 0 aliphatic heterocycles. The Bertz CT molecular complexity index is 966. The summed E-state index contributed by atoms with van der Waals surface area (Å²) in [5, 5.41) is 10.0. The molecule has 2 amide bonds. The molecule has 3 aromatic rings. The van der Waals surface area contributed by atoms with E-state index in [0.717, 1.165) is 17.8 Å². The molecule has 132 valence electrons. The Hall–Kier alpha value is -3.03. The van der Waals surface area contributed by atoms with Gasteiger partial charge in [0.25, 0.3) is 0 Å². The minimum Gasteiger partial charge on any atom is -0.408 e. The molecule has 0 aliphatic carbocycles. The van der Waals surface area contributed by atoms with Gasteiger partial charge in [-0.15, -0.1) is 0 Å². The van der Waals surface area contributed by atoms with Crippen molar-refractivity contribution in [3.63, 3.8) is 0 Å². The van der Waals surface area contributed by atoms with Crippen LogP contribution in [-0.2, 0) is 13.0 Å². The molecule has 0 unspecified atom stereocenters. The molecule has 3 N–H and O–H groups in total. The third-order valence-corrected chi connectivity index (χ3v) is 4.17. The molecule has 0 aliphatic rings. The van der Waals surface area contributed by atoms with Crippen molar-refractivity contribution in [1.29, 1.82) is 0 Å². The number of aromatic amines is 1. The lowest BCUT2D eigenvalue weighted by molar-refractivity contribution is 0.251. The van der Waals surface area contributed by atoms with E-state index < -0.39 is 5.76 Å². The molecule has 8 heteroatoms. The van der Waals surface area contributed by atoms with Crippen LogP contribution in [0.3, 0.4) is 0 Å². The van der Waals surface area contributed by atoms with Crippen molar-refractivity contribution in [3.05, 3.63) is 45.7 Å². The topological polar surface area (TPSA) is 105 Å². The summed E-state index contributed by atoms with van der Waals surface area (Å²) in [6.45, 7) is 7.21. The molecule has 0 atom stereocenters. The average Bonchev–Trinajstić information content (AvgIpc) is 3.05. The number of rotatable bonds is 5.